The van der Waals surface area contributed by atoms with Crippen LogP contribution in [0.3, 0.4) is 0 Å². The Hall–Kier alpha value is -2.26. The summed E-state index contributed by atoms with van der Waals surface area (Å²) >= 11 is 0. The highest BCUT2D eigenvalue weighted by Gasteiger charge is 2.31. The van der Waals surface area contributed by atoms with E-state index in [1.165, 1.54) is 0 Å². The van der Waals surface area contributed by atoms with Crippen LogP contribution in [0.25, 0.3) is 5.82 Å². The SMILES string of the molecule is CN(C)CCNC(=O)c1nn(-c2ccccn2)c2c1CS(=O)(=O)CC2. The van der Waals surface area contributed by atoms with E-state index < -0.39 is 9.84 Å². The number of nitrogens with one attached hydrogen (secondary N) is 1. The van der Waals surface area contributed by atoms with Crippen molar-refractivity contribution in [3.63, 3.8) is 0 Å². The van der Waals surface area contributed by atoms with Gasteiger partial charge in [-0.15, -0.1) is 0 Å². The highest BCUT2D eigenvalue weighted by Crippen LogP contribution is 2.26. The maximum Gasteiger partial charge on any atom is 0.272 e. The first kappa shape index (κ1) is 17.6. The molecule has 0 atom stereocenters. The first-order valence-electron chi connectivity index (χ1n) is 8.03. The minimum absolute atomic E-state index is 0.0558. The lowest BCUT2D eigenvalue weighted by Crippen LogP contribution is -2.32. The predicted molar refractivity (Wildman–Crippen MR) is 93.4 cm³/mol. The molecule has 8 nitrogen and oxygen atoms in total. The molecule has 0 bridgehead atoms. The van der Waals surface area contributed by atoms with Crippen LogP contribution in [0, 0.1) is 0 Å². The molecule has 0 saturated heterocycles. The molecule has 0 fully saturated rings. The quantitative estimate of drug-likeness (QED) is 0.805. The number of hydrogen-bond donors (Lipinski definition) is 1. The van der Waals surface area contributed by atoms with Gasteiger partial charge in [0.25, 0.3) is 5.91 Å². The number of aromatic nitrogens is 3. The predicted octanol–water partition coefficient (Wildman–Crippen LogP) is 0.0296. The van der Waals surface area contributed by atoms with E-state index in [2.05, 4.69) is 15.4 Å². The molecule has 0 spiro atoms. The molecule has 0 unspecified atom stereocenters. The Labute approximate surface area is 146 Å². The Kier molecular flexibility index (Phi) is 4.87. The van der Waals surface area contributed by atoms with Crippen LogP contribution in [-0.4, -0.2) is 66.9 Å². The second kappa shape index (κ2) is 6.93. The zero-order valence-corrected chi connectivity index (χ0v) is 15.1. The molecule has 1 amide bonds. The van der Waals surface area contributed by atoms with Gasteiger partial charge in [-0.2, -0.15) is 5.10 Å². The van der Waals surface area contributed by atoms with Gasteiger partial charge in [0.1, 0.15) is 0 Å². The Bertz CT molecular complexity index is 875. The molecule has 1 N–H and O–H groups in total. The van der Waals surface area contributed by atoms with Gasteiger partial charge in [0, 0.05) is 31.3 Å². The summed E-state index contributed by atoms with van der Waals surface area (Å²) in [6.45, 7) is 1.15. The maximum absolute atomic E-state index is 12.5. The maximum atomic E-state index is 12.5. The molecular weight excluding hydrogens is 342 g/mol. The van der Waals surface area contributed by atoms with E-state index >= 15 is 0 Å². The Balaban J connectivity index is 1.98. The van der Waals surface area contributed by atoms with Crippen LogP contribution in [-0.2, 0) is 22.0 Å². The van der Waals surface area contributed by atoms with E-state index in [4.69, 9.17) is 0 Å². The monoisotopic (exact) mass is 363 g/mol. The summed E-state index contributed by atoms with van der Waals surface area (Å²) in [5.41, 5.74) is 1.40. The van der Waals surface area contributed by atoms with Crippen molar-refractivity contribution in [3.8, 4) is 5.82 Å². The first-order valence-corrected chi connectivity index (χ1v) is 9.85. The van der Waals surface area contributed by atoms with Crippen LogP contribution in [0.5, 0.6) is 0 Å². The van der Waals surface area contributed by atoms with Gasteiger partial charge in [0.15, 0.2) is 21.3 Å². The number of likely N-dealkylation sites (N-methyl/N-ethyl adjacent to an activating group) is 1. The molecular formula is C16H21N5O3S. The van der Waals surface area contributed by atoms with Gasteiger partial charge >= 0.3 is 0 Å². The Morgan fingerprint density at radius 1 is 1.36 bits per heavy atom. The van der Waals surface area contributed by atoms with Gasteiger partial charge in [-0.3, -0.25) is 4.79 Å². The van der Waals surface area contributed by atoms with E-state index in [1.54, 1.807) is 23.0 Å². The number of carbonyl (C=O) groups excluding carboxylic acids is 1. The standard InChI is InChI=1S/C16H21N5O3S/c1-20(2)9-8-18-16(22)15-12-11-25(23,24)10-6-13(12)21(19-15)14-5-3-4-7-17-14/h3-5,7H,6,8-11H2,1-2H3,(H,18,22). The number of hydrogen-bond acceptors (Lipinski definition) is 6. The second-order valence-corrected chi connectivity index (χ2v) is 8.46. The number of sulfone groups is 1. The van der Waals surface area contributed by atoms with Crippen molar-refractivity contribution >= 4 is 15.7 Å². The third-order valence-corrected chi connectivity index (χ3v) is 5.58. The van der Waals surface area contributed by atoms with E-state index in [0.29, 0.717) is 30.9 Å². The lowest BCUT2D eigenvalue weighted by Gasteiger charge is -2.15. The summed E-state index contributed by atoms with van der Waals surface area (Å²) in [5, 5.41) is 7.19. The molecule has 2 aromatic rings. The van der Waals surface area contributed by atoms with Crippen LogP contribution < -0.4 is 5.32 Å². The van der Waals surface area contributed by atoms with Crippen LogP contribution in [0.4, 0.5) is 0 Å². The van der Waals surface area contributed by atoms with Gasteiger partial charge in [0.2, 0.25) is 0 Å². The summed E-state index contributed by atoms with van der Waals surface area (Å²) in [7, 11) is 0.609. The van der Waals surface area contributed by atoms with Gasteiger partial charge in [0.05, 0.1) is 17.2 Å². The van der Waals surface area contributed by atoms with E-state index in [-0.39, 0.29) is 23.1 Å². The van der Waals surface area contributed by atoms with Crippen LogP contribution in [0.15, 0.2) is 24.4 Å². The summed E-state index contributed by atoms with van der Waals surface area (Å²) in [4.78, 5) is 18.7. The van der Waals surface area contributed by atoms with Crippen molar-refractivity contribution in [3.05, 3.63) is 41.3 Å². The number of fused-ring (bicyclic) bond motifs is 1. The topological polar surface area (TPSA) is 97.2 Å². The van der Waals surface area contributed by atoms with Crippen molar-refractivity contribution in [2.45, 2.75) is 12.2 Å². The van der Waals surface area contributed by atoms with Crippen molar-refractivity contribution < 1.29 is 13.2 Å². The normalized spacial score (nSPS) is 15.8. The third-order valence-electron chi connectivity index (χ3n) is 4.03. The van der Waals surface area contributed by atoms with Crippen molar-refractivity contribution in [2.75, 3.05) is 32.9 Å². The molecule has 2 aromatic heterocycles. The zero-order chi connectivity index (χ0) is 18.0. The highest BCUT2D eigenvalue weighted by molar-refractivity contribution is 7.90. The highest BCUT2D eigenvalue weighted by atomic mass is 32.2. The second-order valence-electron chi connectivity index (χ2n) is 6.27. The smallest absolute Gasteiger partial charge is 0.272 e. The molecule has 0 saturated carbocycles. The fourth-order valence-electron chi connectivity index (χ4n) is 2.77. The van der Waals surface area contributed by atoms with Crippen LogP contribution in [0.1, 0.15) is 21.7 Å². The summed E-state index contributed by atoms with van der Waals surface area (Å²) in [6, 6.07) is 5.40. The number of rotatable bonds is 5. The average Bonchev–Trinajstić information content (AvgIpc) is 2.92. The number of carbonyl (C=O) groups is 1. The molecule has 9 heteroatoms. The number of pyridine rings is 1. The van der Waals surface area contributed by atoms with Gasteiger partial charge in [-0.1, -0.05) is 6.07 Å². The summed E-state index contributed by atoms with van der Waals surface area (Å²) in [6.07, 6.45) is 1.96. The molecule has 134 valence electrons. The molecule has 0 aromatic carbocycles. The number of amides is 1. The van der Waals surface area contributed by atoms with Gasteiger partial charge in [-0.05, 0) is 26.2 Å². The minimum atomic E-state index is -3.22. The van der Waals surface area contributed by atoms with Crippen molar-refractivity contribution in [1.29, 1.82) is 0 Å². The Morgan fingerprint density at radius 3 is 2.84 bits per heavy atom. The average molecular weight is 363 g/mol. The van der Waals surface area contributed by atoms with Crippen molar-refractivity contribution in [1.82, 2.24) is 25.0 Å². The molecule has 3 heterocycles. The van der Waals surface area contributed by atoms with Crippen molar-refractivity contribution in [2.24, 2.45) is 0 Å². The van der Waals surface area contributed by atoms with Crippen LogP contribution >= 0.6 is 0 Å². The molecule has 3 rings (SSSR count). The lowest BCUT2D eigenvalue weighted by molar-refractivity contribution is 0.0945. The van der Waals surface area contributed by atoms with Gasteiger partial charge in [-0.25, -0.2) is 18.1 Å². The molecule has 25 heavy (non-hydrogen) atoms. The number of nitrogens with zero attached hydrogens (tertiary/aromatic N) is 4. The van der Waals surface area contributed by atoms with E-state index in [9.17, 15) is 13.2 Å². The molecule has 0 radical (unpaired) electrons. The van der Waals surface area contributed by atoms with Gasteiger partial charge < -0.3 is 10.2 Å². The summed E-state index contributed by atoms with van der Waals surface area (Å²) in [5.74, 6) is 0.113. The fraction of sp³-hybridized carbons (Fsp3) is 0.438. The minimum Gasteiger partial charge on any atom is -0.349 e. The fourth-order valence-corrected chi connectivity index (χ4v) is 4.16. The third kappa shape index (κ3) is 3.88. The Morgan fingerprint density at radius 2 is 2.16 bits per heavy atom. The lowest BCUT2D eigenvalue weighted by atomic mass is 10.1. The molecule has 0 aliphatic carbocycles. The first-order chi connectivity index (χ1) is 11.9. The van der Waals surface area contributed by atoms with E-state index in [0.717, 1.165) is 5.69 Å². The van der Waals surface area contributed by atoms with E-state index in [1.807, 2.05) is 25.1 Å². The molecule has 1 aliphatic heterocycles. The van der Waals surface area contributed by atoms with Crippen LogP contribution in [0.2, 0.25) is 0 Å². The molecule has 1 aliphatic rings. The summed E-state index contributed by atoms with van der Waals surface area (Å²) < 4.78 is 25.7. The largest absolute Gasteiger partial charge is 0.349 e. The zero-order valence-electron chi connectivity index (χ0n) is 14.3.